The topological polar surface area (TPSA) is 91.3 Å². The summed E-state index contributed by atoms with van der Waals surface area (Å²) in [7, 11) is 3.24. The van der Waals surface area contributed by atoms with Crippen molar-refractivity contribution >= 4 is 22.8 Å². The molecule has 2 aromatic carbocycles. The summed E-state index contributed by atoms with van der Waals surface area (Å²) >= 11 is 0. The first kappa shape index (κ1) is 19.2. The maximum absolute atomic E-state index is 6.59. The zero-order chi connectivity index (χ0) is 21.4. The van der Waals surface area contributed by atoms with Crippen LogP contribution in [0.5, 0.6) is 11.5 Å². The highest BCUT2D eigenvalue weighted by Gasteiger charge is 2.23. The second-order valence-electron chi connectivity index (χ2n) is 7.47. The summed E-state index contributed by atoms with van der Waals surface area (Å²) in [6.07, 6.45) is 2.27. The van der Waals surface area contributed by atoms with Gasteiger partial charge in [-0.2, -0.15) is 4.98 Å². The van der Waals surface area contributed by atoms with Gasteiger partial charge >= 0.3 is 0 Å². The fourth-order valence-corrected chi connectivity index (χ4v) is 4.02. The zero-order valence-corrected chi connectivity index (χ0v) is 17.6. The average Bonchev–Trinajstić information content (AvgIpc) is 3.47. The molecule has 8 nitrogen and oxygen atoms in total. The van der Waals surface area contributed by atoms with Crippen molar-refractivity contribution in [2.75, 3.05) is 37.9 Å². The number of para-hydroxylation sites is 1. The van der Waals surface area contributed by atoms with Crippen LogP contribution >= 0.6 is 0 Å². The Morgan fingerprint density at radius 3 is 2.35 bits per heavy atom. The lowest BCUT2D eigenvalue weighted by Gasteiger charge is -2.16. The predicted octanol–water partition coefficient (Wildman–Crippen LogP) is 3.68. The van der Waals surface area contributed by atoms with Gasteiger partial charge in [-0.1, -0.05) is 18.2 Å². The zero-order valence-electron chi connectivity index (χ0n) is 17.6. The molecule has 1 aliphatic heterocycles. The van der Waals surface area contributed by atoms with Crippen LogP contribution in [0.25, 0.3) is 28.0 Å². The second kappa shape index (κ2) is 7.79. The molecule has 0 aliphatic carbocycles. The highest BCUT2D eigenvalue weighted by atomic mass is 16.5. The quantitative estimate of drug-likeness (QED) is 0.531. The van der Waals surface area contributed by atoms with Gasteiger partial charge in [0.1, 0.15) is 5.82 Å². The normalized spacial score (nSPS) is 13.7. The van der Waals surface area contributed by atoms with Crippen molar-refractivity contribution in [2.45, 2.75) is 12.8 Å². The second-order valence-corrected chi connectivity index (χ2v) is 7.47. The fraction of sp³-hybridized carbons (Fsp3) is 0.261. The molecule has 2 aromatic heterocycles. The highest BCUT2D eigenvalue weighted by molar-refractivity contribution is 5.99. The molecule has 0 amide bonds. The minimum Gasteiger partial charge on any atom is -0.493 e. The van der Waals surface area contributed by atoms with Crippen LogP contribution in [-0.2, 0) is 0 Å². The smallest absolute Gasteiger partial charge is 0.228 e. The van der Waals surface area contributed by atoms with E-state index in [2.05, 4.69) is 4.90 Å². The Morgan fingerprint density at radius 1 is 0.903 bits per heavy atom. The SMILES string of the molecule is COc1ccc(-c2nc(N3CCCC3)nc3nn(-c4ccccc4)c(N)c23)cc1OC. The number of aromatic nitrogens is 4. The van der Waals surface area contributed by atoms with Gasteiger partial charge in [-0.3, -0.25) is 0 Å². The summed E-state index contributed by atoms with van der Waals surface area (Å²) in [5.74, 6) is 2.46. The molecule has 0 bridgehead atoms. The van der Waals surface area contributed by atoms with E-state index in [-0.39, 0.29) is 0 Å². The number of benzene rings is 2. The van der Waals surface area contributed by atoms with E-state index in [1.807, 2.05) is 48.5 Å². The molecule has 0 spiro atoms. The molecule has 1 aliphatic rings. The molecule has 1 fully saturated rings. The van der Waals surface area contributed by atoms with Crippen LogP contribution in [0.2, 0.25) is 0 Å². The van der Waals surface area contributed by atoms with Crippen LogP contribution in [0.3, 0.4) is 0 Å². The summed E-state index contributed by atoms with van der Waals surface area (Å²) in [6, 6.07) is 15.5. The first-order valence-corrected chi connectivity index (χ1v) is 10.3. The van der Waals surface area contributed by atoms with E-state index in [9.17, 15) is 0 Å². The van der Waals surface area contributed by atoms with Crippen molar-refractivity contribution in [3.05, 3.63) is 48.5 Å². The molecule has 3 heterocycles. The van der Waals surface area contributed by atoms with E-state index < -0.39 is 0 Å². The number of methoxy groups -OCH3 is 2. The third-order valence-electron chi connectivity index (χ3n) is 5.60. The Labute approximate surface area is 180 Å². The Kier molecular flexibility index (Phi) is 4.82. The molecule has 2 N–H and O–H groups in total. The van der Waals surface area contributed by atoms with Gasteiger partial charge in [0, 0.05) is 18.7 Å². The number of nitrogens with zero attached hydrogens (tertiary/aromatic N) is 5. The molecule has 158 valence electrons. The van der Waals surface area contributed by atoms with Crippen molar-refractivity contribution in [3.63, 3.8) is 0 Å². The summed E-state index contributed by atoms with van der Waals surface area (Å²) < 4.78 is 12.6. The molecule has 8 heteroatoms. The monoisotopic (exact) mass is 416 g/mol. The Balaban J connectivity index is 1.76. The van der Waals surface area contributed by atoms with Crippen molar-refractivity contribution < 1.29 is 9.47 Å². The number of hydrogen-bond donors (Lipinski definition) is 1. The Bertz CT molecular complexity index is 1230. The molecule has 4 aromatic rings. The lowest BCUT2D eigenvalue weighted by atomic mass is 10.1. The number of nitrogen functional groups attached to an aromatic ring is 1. The van der Waals surface area contributed by atoms with E-state index in [0.717, 1.165) is 48.3 Å². The standard InChI is InChI=1S/C23H24N6O2/c1-30-17-11-10-15(14-18(17)31-2)20-19-21(24)29(16-8-4-3-5-9-16)27-22(19)26-23(25-20)28-12-6-7-13-28/h3-5,8-11,14H,6-7,12-13,24H2,1-2H3. The molecule has 0 unspecified atom stereocenters. The summed E-state index contributed by atoms with van der Waals surface area (Å²) in [5.41, 5.74) is 9.63. The molecular formula is C23H24N6O2. The van der Waals surface area contributed by atoms with Crippen molar-refractivity contribution in [3.8, 4) is 28.4 Å². The third-order valence-corrected chi connectivity index (χ3v) is 5.60. The van der Waals surface area contributed by atoms with Crippen LogP contribution in [0.15, 0.2) is 48.5 Å². The maximum Gasteiger partial charge on any atom is 0.228 e. The van der Waals surface area contributed by atoms with Crippen LogP contribution in [0.4, 0.5) is 11.8 Å². The molecule has 31 heavy (non-hydrogen) atoms. The molecule has 1 saturated heterocycles. The molecular weight excluding hydrogens is 392 g/mol. The van der Waals surface area contributed by atoms with Crippen molar-refractivity contribution in [2.24, 2.45) is 0 Å². The number of nitrogens with two attached hydrogens (primary N) is 1. The molecule has 5 rings (SSSR count). The molecule has 0 atom stereocenters. The van der Waals surface area contributed by atoms with Gasteiger partial charge in [0.15, 0.2) is 17.1 Å². The van der Waals surface area contributed by atoms with Gasteiger partial charge in [0.05, 0.1) is 31.0 Å². The first-order valence-electron chi connectivity index (χ1n) is 10.3. The predicted molar refractivity (Wildman–Crippen MR) is 121 cm³/mol. The van der Waals surface area contributed by atoms with Gasteiger partial charge < -0.3 is 20.1 Å². The minimum atomic E-state index is 0.499. The van der Waals surface area contributed by atoms with Gasteiger partial charge in [0.2, 0.25) is 5.95 Å². The van der Waals surface area contributed by atoms with Gasteiger partial charge in [0.25, 0.3) is 0 Å². The number of rotatable bonds is 5. The molecule has 0 saturated carbocycles. The fourth-order valence-electron chi connectivity index (χ4n) is 4.02. The minimum absolute atomic E-state index is 0.499. The average molecular weight is 416 g/mol. The highest BCUT2D eigenvalue weighted by Crippen LogP contribution is 2.37. The first-order chi connectivity index (χ1) is 15.2. The largest absolute Gasteiger partial charge is 0.493 e. The van der Waals surface area contributed by atoms with Gasteiger partial charge in [-0.05, 0) is 43.2 Å². The van der Waals surface area contributed by atoms with E-state index in [1.54, 1.807) is 18.9 Å². The summed E-state index contributed by atoms with van der Waals surface area (Å²) in [6.45, 7) is 1.87. The Hall–Kier alpha value is -3.81. The van der Waals surface area contributed by atoms with E-state index in [1.165, 1.54) is 0 Å². The lowest BCUT2D eigenvalue weighted by Crippen LogP contribution is -2.20. The van der Waals surface area contributed by atoms with Crippen LogP contribution in [0, 0.1) is 0 Å². The summed E-state index contributed by atoms with van der Waals surface area (Å²) in [5, 5.41) is 5.46. The van der Waals surface area contributed by atoms with Crippen molar-refractivity contribution in [1.29, 1.82) is 0 Å². The number of ether oxygens (including phenoxy) is 2. The van der Waals surface area contributed by atoms with Crippen LogP contribution < -0.4 is 20.1 Å². The van der Waals surface area contributed by atoms with Crippen molar-refractivity contribution in [1.82, 2.24) is 19.7 Å². The number of hydrogen-bond acceptors (Lipinski definition) is 7. The van der Waals surface area contributed by atoms with Gasteiger partial charge in [-0.25, -0.2) is 9.67 Å². The van der Waals surface area contributed by atoms with Crippen LogP contribution in [0.1, 0.15) is 12.8 Å². The maximum atomic E-state index is 6.59. The summed E-state index contributed by atoms with van der Waals surface area (Å²) in [4.78, 5) is 11.9. The number of fused-ring (bicyclic) bond motifs is 1. The van der Waals surface area contributed by atoms with E-state index >= 15 is 0 Å². The Morgan fingerprint density at radius 2 is 1.65 bits per heavy atom. The number of anilines is 2. The van der Waals surface area contributed by atoms with Gasteiger partial charge in [-0.15, -0.1) is 5.10 Å². The third kappa shape index (κ3) is 3.30. The van der Waals surface area contributed by atoms with E-state index in [0.29, 0.717) is 28.9 Å². The van der Waals surface area contributed by atoms with Crippen LogP contribution in [-0.4, -0.2) is 47.1 Å². The van der Waals surface area contributed by atoms with E-state index in [4.69, 9.17) is 30.3 Å². The molecule has 0 radical (unpaired) electrons. The lowest BCUT2D eigenvalue weighted by molar-refractivity contribution is 0.355.